The predicted molar refractivity (Wildman–Crippen MR) is 42.9 cm³/mol. The molecule has 0 saturated heterocycles. The summed E-state index contributed by atoms with van der Waals surface area (Å²) in [7, 11) is 0. The van der Waals surface area contributed by atoms with E-state index in [0.29, 0.717) is 0 Å². The molecule has 3 nitrogen and oxygen atoms in total. The molecule has 0 aliphatic carbocycles. The Bertz CT molecular complexity index is 312. The van der Waals surface area contributed by atoms with E-state index in [1.54, 1.807) is 24.7 Å². The molecule has 0 bridgehead atoms. The molecule has 0 fully saturated rings. The molecule has 0 aromatic carbocycles. The van der Waals surface area contributed by atoms with E-state index in [1.807, 2.05) is 0 Å². The zero-order valence-electron chi connectivity index (χ0n) is 6.81. The van der Waals surface area contributed by atoms with Crippen molar-refractivity contribution in [1.82, 2.24) is 15.0 Å². The van der Waals surface area contributed by atoms with E-state index < -0.39 is 0 Å². The predicted octanol–water partition coefficient (Wildman–Crippen LogP) is 1.14. The summed E-state index contributed by atoms with van der Waals surface area (Å²) < 4.78 is 0. The van der Waals surface area contributed by atoms with Gasteiger partial charge in [-0.1, -0.05) is 12.4 Å². The summed E-state index contributed by atoms with van der Waals surface area (Å²) in [6.07, 6.45) is 6.42. The molecular weight excluding hydrogens is 239 g/mol. The first kappa shape index (κ1) is 10.4. The van der Waals surface area contributed by atoms with Crippen LogP contribution < -0.4 is 0 Å². The van der Waals surface area contributed by atoms with E-state index in [9.17, 15) is 0 Å². The molecule has 0 aliphatic heterocycles. The molecule has 2 aromatic heterocycles. The summed E-state index contributed by atoms with van der Waals surface area (Å²) in [6.45, 7) is 0. The van der Waals surface area contributed by atoms with Crippen LogP contribution in [0.1, 0.15) is 0 Å². The molecule has 0 N–H and O–H groups in total. The number of hydrogen-bond acceptors (Lipinski definition) is 3. The van der Waals surface area contributed by atoms with Gasteiger partial charge in [0, 0.05) is 32.7 Å². The van der Waals surface area contributed by atoms with E-state index in [2.05, 4.69) is 27.1 Å². The fraction of sp³-hybridized carbons (Fsp3) is 0. The number of pyridine rings is 1. The SMILES string of the molecule is [Y].[c-]1ccncc1-c1[c-]cncn1. The fourth-order valence-electron chi connectivity index (χ4n) is 0.862. The monoisotopic (exact) mass is 244 g/mol. The second-order valence-electron chi connectivity index (χ2n) is 2.17. The van der Waals surface area contributed by atoms with Crippen LogP contribution in [0.5, 0.6) is 0 Å². The molecule has 0 unspecified atom stereocenters. The molecule has 2 rings (SSSR count). The van der Waals surface area contributed by atoms with Gasteiger partial charge in [0.1, 0.15) is 6.33 Å². The van der Waals surface area contributed by atoms with Gasteiger partial charge >= 0.3 is 0 Å². The molecule has 4 heteroatoms. The molecule has 0 spiro atoms. The van der Waals surface area contributed by atoms with Crippen LogP contribution in [-0.4, -0.2) is 15.0 Å². The van der Waals surface area contributed by atoms with Crippen molar-refractivity contribution in [2.75, 3.05) is 0 Å². The van der Waals surface area contributed by atoms with Gasteiger partial charge in [0.25, 0.3) is 0 Å². The summed E-state index contributed by atoms with van der Waals surface area (Å²) in [5.74, 6) is 0. The Kier molecular flexibility index (Phi) is 4.12. The van der Waals surface area contributed by atoms with Crippen LogP contribution in [0.4, 0.5) is 0 Å². The van der Waals surface area contributed by atoms with Gasteiger partial charge < -0.3 is 9.97 Å². The average Bonchev–Trinajstić information content (AvgIpc) is 2.21. The first-order valence-electron chi connectivity index (χ1n) is 3.46. The topological polar surface area (TPSA) is 38.7 Å². The normalized spacial score (nSPS) is 8.92. The molecule has 61 valence electrons. The smallest absolute Gasteiger partial charge is 0.100 e. The maximum Gasteiger partial charge on any atom is 0.100 e. The van der Waals surface area contributed by atoms with Crippen molar-refractivity contribution >= 4 is 0 Å². The number of hydrogen-bond donors (Lipinski definition) is 0. The van der Waals surface area contributed by atoms with Gasteiger partial charge in [0.15, 0.2) is 0 Å². The molecule has 0 aliphatic rings. The summed E-state index contributed by atoms with van der Waals surface area (Å²) >= 11 is 0. The van der Waals surface area contributed by atoms with Crippen molar-refractivity contribution in [3.63, 3.8) is 0 Å². The molecule has 0 saturated carbocycles. The largest absolute Gasteiger partial charge is 0.379 e. The molecule has 0 atom stereocenters. The zero-order chi connectivity index (χ0) is 8.23. The molecule has 2 aromatic rings. The molecule has 0 amide bonds. The van der Waals surface area contributed by atoms with Crippen LogP contribution in [0.25, 0.3) is 11.3 Å². The minimum Gasteiger partial charge on any atom is -0.379 e. The van der Waals surface area contributed by atoms with Gasteiger partial charge in [-0.2, -0.15) is 5.69 Å². The van der Waals surface area contributed by atoms with E-state index in [4.69, 9.17) is 0 Å². The average molecular weight is 244 g/mol. The van der Waals surface area contributed by atoms with Crippen LogP contribution in [0, 0.1) is 12.1 Å². The third-order valence-corrected chi connectivity index (χ3v) is 1.39. The van der Waals surface area contributed by atoms with Crippen molar-refractivity contribution in [2.24, 2.45) is 0 Å². The second-order valence-corrected chi connectivity index (χ2v) is 2.17. The third kappa shape index (κ3) is 2.64. The van der Waals surface area contributed by atoms with Crippen LogP contribution in [-0.2, 0) is 32.7 Å². The molecule has 2 heterocycles. The Labute approximate surface area is 102 Å². The maximum atomic E-state index is 4.01. The van der Waals surface area contributed by atoms with Gasteiger partial charge in [-0.25, -0.2) is 6.07 Å². The Morgan fingerprint density at radius 1 is 1.15 bits per heavy atom. The molecule has 13 heavy (non-hydrogen) atoms. The Balaban J connectivity index is 0.000000845. The van der Waals surface area contributed by atoms with Gasteiger partial charge in [-0.3, -0.25) is 16.6 Å². The molecular formula is C9H5N3Y-2. The third-order valence-electron chi connectivity index (χ3n) is 1.39. The number of nitrogens with zero attached hydrogens (tertiary/aromatic N) is 3. The van der Waals surface area contributed by atoms with Crippen LogP contribution >= 0.6 is 0 Å². The summed E-state index contributed by atoms with van der Waals surface area (Å²) in [6, 6.07) is 7.63. The van der Waals surface area contributed by atoms with Gasteiger partial charge in [-0.05, 0) is 0 Å². The van der Waals surface area contributed by atoms with Crippen molar-refractivity contribution in [2.45, 2.75) is 0 Å². The van der Waals surface area contributed by atoms with Gasteiger partial charge in [0.2, 0.25) is 0 Å². The number of rotatable bonds is 1. The van der Waals surface area contributed by atoms with Crippen molar-refractivity contribution in [3.05, 3.63) is 43.1 Å². The standard InChI is InChI=1S/C9H5N3.Y/c1-2-8(6-10-4-1)9-3-5-11-7-12-9;/h1,4-7H;/q-2;. The zero-order valence-corrected chi connectivity index (χ0v) is 9.64. The Morgan fingerprint density at radius 3 is 2.69 bits per heavy atom. The van der Waals surface area contributed by atoms with E-state index in [0.717, 1.165) is 11.3 Å². The Morgan fingerprint density at radius 2 is 2.08 bits per heavy atom. The first-order chi connectivity index (χ1) is 5.97. The first-order valence-corrected chi connectivity index (χ1v) is 3.46. The second kappa shape index (κ2) is 5.15. The van der Waals surface area contributed by atoms with Gasteiger partial charge in [-0.15, -0.1) is 12.3 Å². The minimum absolute atomic E-state index is 0. The fourth-order valence-corrected chi connectivity index (χ4v) is 0.862. The van der Waals surface area contributed by atoms with Crippen LogP contribution in [0.3, 0.4) is 0 Å². The minimum atomic E-state index is 0. The quantitative estimate of drug-likeness (QED) is 0.706. The van der Waals surface area contributed by atoms with Crippen LogP contribution in [0.2, 0.25) is 0 Å². The maximum absolute atomic E-state index is 4.01. The molecule has 1 radical (unpaired) electrons. The van der Waals surface area contributed by atoms with Gasteiger partial charge in [0.05, 0.1) is 0 Å². The summed E-state index contributed by atoms with van der Waals surface area (Å²) in [5, 5.41) is 0. The summed E-state index contributed by atoms with van der Waals surface area (Å²) in [4.78, 5) is 11.7. The van der Waals surface area contributed by atoms with Crippen LogP contribution in [0.15, 0.2) is 31.0 Å². The number of aromatic nitrogens is 3. The summed E-state index contributed by atoms with van der Waals surface area (Å²) in [5.41, 5.74) is 1.55. The van der Waals surface area contributed by atoms with E-state index in [1.165, 1.54) is 6.33 Å². The Hall–Kier alpha value is -0.666. The van der Waals surface area contributed by atoms with Crippen molar-refractivity contribution in [3.8, 4) is 11.3 Å². The van der Waals surface area contributed by atoms with E-state index >= 15 is 0 Å². The van der Waals surface area contributed by atoms with E-state index in [-0.39, 0.29) is 32.7 Å². The van der Waals surface area contributed by atoms with Crippen molar-refractivity contribution in [1.29, 1.82) is 0 Å². The van der Waals surface area contributed by atoms with Crippen molar-refractivity contribution < 1.29 is 32.7 Å².